The highest BCUT2D eigenvalue weighted by Crippen LogP contribution is 2.28. The number of para-hydroxylation sites is 2. The van der Waals surface area contributed by atoms with Crippen LogP contribution in [0.3, 0.4) is 0 Å². The maximum absolute atomic E-state index is 13.0. The van der Waals surface area contributed by atoms with Crippen LogP contribution in [0.2, 0.25) is 0 Å². The fourth-order valence-corrected chi connectivity index (χ4v) is 4.05. The first-order valence-corrected chi connectivity index (χ1v) is 9.69. The zero-order valence-corrected chi connectivity index (χ0v) is 15.8. The molecule has 136 valence electrons. The Bertz CT molecular complexity index is 1070. The van der Waals surface area contributed by atoms with Crippen LogP contribution in [-0.4, -0.2) is 17.6 Å². The van der Waals surface area contributed by atoms with Crippen molar-refractivity contribution in [3.63, 3.8) is 0 Å². The van der Waals surface area contributed by atoms with Crippen molar-refractivity contribution in [1.29, 1.82) is 0 Å². The quantitative estimate of drug-likeness (QED) is 0.502. The van der Waals surface area contributed by atoms with Gasteiger partial charge < -0.3 is 14.6 Å². The average Bonchev–Trinajstić information content (AvgIpc) is 3.29. The van der Waals surface area contributed by atoms with Crippen LogP contribution < -0.4 is 10.1 Å². The SMILES string of the molecule is COc1ccccc1NC(=O)c1cc2sccc2n1CCc1ccccc1. The molecule has 4 aromatic rings. The lowest BCUT2D eigenvalue weighted by atomic mass is 10.1. The van der Waals surface area contributed by atoms with E-state index in [4.69, 9.17) is 4.74 Å². The number of carbonyl (C=O) groups is 1. The van der Waals surface area contributed by atoms with Gasteiger partial charge in [0, 0.05) is 6.54 Å². The Balaban J connectivity index is 1.62. The number of aryl methyl sites for hydroxylation is 2. The molecule has 0 saturated heterocycles. The summed E-state index contributed by atoms with van der Waals surface area (Å²) in [6, 6.07) is 21.8. The number of ether oxygens (including phenoxy) is 1. The maximum Gasteiger partial charge on any atom is 0.272 e. The second kappa shape index (κ2) is 7.68. The molecule has 1 amide bonds. The van der Waals surface area contributed by atoms with E-state index in [2.05, 4.69) is 33.5 Å². The summed E-state index contributed by atoms with van der Waals surface area (Å²) < 4.78 is 8.56. The Morgan fingerprint density at radius 1 is 1.07 bits per heavy atom. The number of nitrogens with one attached hydrogen (secondary N) is 1. The molecule has 2 aromatic heterocycles. The molecule has 0 saturated carbocycles. The van der Waals surface area contributed by atoms with Crippen molar-refractivity contribution in [2.24, 2.45) is 0 Å². The van der Waals surface area contributed by atoms with Gasteiger partial charge in [-0.25, -0.2) is 0 Å². The van der Waals surface area contributed by atoms with Gasteiger partial charge in [-0.15, -0.1) is 11.3 Å². The summed E-state index contributed by atoms with van der Waals surface area (Å²) >= 11 is 1.65. The molecule has 0 atom stereocenters. The van der Waals surface area contributed by atoms with Gasteiger partial charge in [-0.2, -0.15) is 0 Å². The monoisotopic (exact) mass is 376 g/mol. The molecule has 0 radical (unpaired) electrons. The van der Waals surface area contributed by atoms with Crippen LogP contribution in [0, 0.1) is 0 Å². The lowest BCUT2D eigenvalue weighted by Gasteiger charge is -2.13. The second-order valence-electron chi connectivity index (χ2n) is 6.24. The van der Waals surface area contributed by atoms with Gasteiger partial charge in [0.15, 0.2) is 0 Å². The molecule has 0 unspecified atom stereocenters. The highest BCUT2D eigenvalue weighted by molar-refractivity contribution is 7.17. The Morgan fingerprint density at radius 2 is 1.85 bits per heavy atom. The van der Waals surface area contributed by atoms with E-state index >= 15 is 0 Å². The van der Waals surface area contributed by atoms with E-state index in [0.29, 0.717) is 17.1 Å². The first kappa shape index (κ1) is 17.4. The summed E-state index contributed by atoms with van der Waals surface area (Å²) in [6.45, 7) is 0.749. The molecule has 0 aliphatic heterocycles. The predicted octanol–water partition coefficient (Wildman–Crippen LogP) is 5.21. The van der Waals surface area contributed by atoms with Gasteiger partial charge in [0.25, 0.3) is 5.91 Å². The first-order valence-electron chi connectivity index (χ1n) is 8.81. The largest absolute Gasteiger partial charge is 0.495 e. The highest BCUT2D eigenvalue weighted by atomic mass is 32.1. The average molecular weight is 376 g/mol. The molecule has 2 heterocycles. The summed E-state index contributed by atoms with van der Waals surface area (Å²) in [5.41, 5.74) is 3.69. The van der Waals surface area contributed by atoms with Crippen molar-refractivity contribution < 1.29 is 9.53 Å². The Morgan fingerprint density at radius 3 is 2.67 bits per heavy atom. The third kappa shape index (κ3) is 3.59. The lowest BCUT2D eigenvalue weighted by molar-refractivity contribution is 0.101. The van der Waals surface area contributed by atoms with Crippen molar-refractivity contribution in [1.82, 2.24) is 4.57 Å². The van der Waals surface area contributed by atoms with Crippen molar-refractivity contribution in [2.45, 2.75) is 13.0 Å². The zero-order valence-electron chi connectivity index (χ0n) is 15.0. The van der Waals surface area contributed by atoms with E-state index < -0.39 is 0 Å². The molecule has 1 N–H and O–H groups in total. The van der Waals surface area contributed by atoms with Gasteiger partial charge >= 0.3 is 0 Å². The smallest absolute Gasteiger partial charge is 0.272 e. The second-order valence-corrected chi connectivity index (χ2v) is 7.19. The third-order valence-electron chi connectivity index (χ3n) is 4.58. The van der Waals surface area contributed by atoms with Crippen LogP contribution in [0.5, 0.6) is 5.75 Å². The fourth-order valence-electron chi connectivity index (χ4n) is 3.23. The summed E-state index contributed by atoms with van der Waals surface area (Å²) in [5, 5.41) is 5.05. The maximum atomic E-state index is 13.0. The predicted molar refractivity (Wildman–Crippen MR) is 111 cm³/mol. The van der Waals surface area contributed by atoms with E-state index in [1.54, 1.807) is 18.4 Å². The number of aromatic nitrogens is 1. The first-order chi connectivity index (χ1) is 13.3. The van der Waals surface area contributed by atoms with E-state index in [1.807, 2.05) is 48.5 Å². The molecule has 0 bridgehead atoms. The molecule has 2 aromatic carbocycles. The van der Waals surface area contributed by atoms with E-state index in [9.17, 15) is 4.79 Å². The van der Waals surface area contributed by atoms with Gasteiger partial charge in [-0.3, -0.25) is 4.79 Å². The van der Waals surface area contributed by atoms with Crippen LogP contribution >= 0.6 is 11.3 Å². The molecule has 4 nitrogen and oxygen atoms in total. The molecule has 4 rings (SSSR count). The molecular formula is C22H20N2O2S. The number of hydrogen-bond donors (Lipinski definition) is 1. The summed E-state index contributed by atoms with van der Waals surface area (Å²) in [7, 11) is 1.60. The minimum atomic E-state index is -0.129. The topological polar surface area (TPSA) is 43.3 Å². The normalized spacial score (nSPS) is 10.9. The number of hydrogen-bond acceptors (Lipinski definition) is 3. The molecule has 0 aliphatic carbocycles. The van der Waals surface area contributed by atoms with Gasteiger partial charge in [0.1, 0.15) is 11.4 Å². The van der Waals surface area contributed by atoms with Gasteiger partial charge in [-0.1, -0.05) is 42.5 Å². The van der Waals surface area contributed by atoms with Gasteiger partial charge in [0.05, 0.1) is 23.0 Å². The van der Waals surface area contributed by atoms with Crippen LogP contribution in [0.15, 0.2) is 72.1 Å². The van der Waals surface area contributed by atoms with Crippen LogP contribution in [0.1, 0.15) is 16.1 Å². The number of anilines is 1. The molecule has 27 heavy (non-hydrogen) atoms. The molecule has 0 spiro atoms. The van der Waals surface area contributed by atoms with E-state index in [-0.39, 0.29) is 5.91 Å². The number of carbonyl (C=O) groups excluding carboxylic acids is 1. The van der Waals surface area contributed by atoms with Crippen LogP contribution in [0.4, 0.5) is 5.69 Å². The van der Waals surface area contributed by atoms with Crippen LogP contribution in [-0.2, 0) is 13.0 Å². The van der Waals surface area contributed by atoms with Crippen LogP contribution in [0.25, 0.3) is 10.2 Å². The van der Waals surface area contributed by atoms with Gasteiger partial charge in [0.2, 0.25) is 0 Å². The molecule has 5 heteroatoms. The number of nitrogens with zero attached hydrogens (tertiary/aromatic N) is 1. The molecule has 0 aliphatic rings. The Labute approximate surface area is 162 Å². The van der Waals surface area contributed by atoms with Crippen molar-refractivity contribution in [3.8, 4) is 5.75 Å². The molecule has 0 fully saturated rings. The number of rotatable bonds is 6. The zero-order chi connectivity index (χ0) is 18.6. The Hall–Kier alpha value is -3.05. The number of benzene rings is 2. The van der Waals surface area contributed by atoms with Crippen molar-refractivity contribution in [2.75, 3.05) is 12.4 Å². The van der Waals surface area contributed by atoms with Crippen molar-refractivity contribution >= 4 is 33.1 Å². The number of methoxy groups -OCH3 is 1. The molecular weight excluding hydrogens is 356 g/mol. The third-order valence-corrected chi connectivity index (χ3v) is 5.43. The summed E-state index contributed by atoms with van der Waals surface area (Å²) in [6.07, 6.45) is 0.870. The van der Waals surface area contributed by atoms with E-state index in [0.717, 1.165) is 23.2 Å². The number of fused-ring (bicyclic) bond motifs is 1. The Kier molecular flexibility index (Phi) is 4.94. The van der Waals surface area contributed by atoms with Crippen molar-refractivity contribution in [3.05, 3.63) is 83.4 Å². The minimum Gasteiger partial charge on any atom is -0.495 e. The number of amides is 1. The minimum absolute atomic E-state index is 0.129. The summed E-state index contributed by atoms with van der Waals surface area (Å²) in [5.74, 6) is 0.519. The van der Waals surface area contributed by atoms with Gasteiger partial charge in [-0.05, 0) is 41.6 Å². The standard InChI is InChI=1S/C22H20N2O2S/c1-26-20-10-6-5-9-17(20)23-22(25)19-15-21-18(12-14-27-21)24(19)13-11-16-7-3-2-4-8-16/h2-10,12,14-15H,11,13H2,1H3,(H,23,25). The van der Waals surface area contributed by atoms with E-state index in [1.165, 1.54) is 5.56 Å². The number of thiophene rings is 1. The lowest BCUT2D eigenvalue weighted by Crippen LogP contribution is -2.18. The highest BCUT2D eigenvalue weighted by Gasteiger charge is 2.17. The summed E-state index contributed by atoms with van der Waals surface area (Å²) in [4.78, 5) is 13.0. The fraction of sp³-hybridized carbons (Fsp3) is 0.136.